The molecule has 6 nitrogen and oxygen atoms in total. The van der Waals surface area contributed by atoms with Crippen LogP contribution in [-0.2, 0) is 14.3 Å². The van der Waals surface area contributed by atoms with Gasteiger partial charge in [0.1, 0.15) is 12.2 Å². The highest BCUT2D eigenvalue weighted by Gasteiger charge is 2.40. The van der Waals surface area contributed by atoms with Crippen molar-refractivity contribution in [3.63, 3.8) is 0 Å². The minimum Gasteiger partial charge on any atom is -0.481 e. The van der Waals surface area contributed by atoms with Crippen molar-refractivity contribution in [1.82, 2.24) is 0 Å². The van der Waals surface area contributed by atoms with Gasteiger partial charge in [-0.1, -0.05) is 18.8 Å². The first-order chi connectivity index (χ1) is 11.5. The molecule has 6 heteroatoms. The Morgan fingerprint density at radius 1 is 1.17 bits per heavy atom. The number of carbonyl (C=O) groups is 2. The maximum Gasteiger partial charge on any atom is 0.509 e. The molecule has 128 valence electrons. The summed E-state index contributed by atoms with van der Waals surface area (Å²) in [5.41, 5.74) is 0. The molecule has 3 atom stereocenters. The van der Waals surface area contributed by atoms with Crippen LogP contribution in [0.3, 0.4) is 0 Å². The number of terminal acetylenes is 1. The largest absolute Gasteiger partial charge is 0.509 e. The van der Waals surface area contributed by atoms with Crippen molar-refractivity contribution in [3.05, 3.63) is 0 Å². The van der Waals surface area contributed by atoms with Gasteiger partial charge in [0.05, 0.1) is 0 Å². The summed E-state index contributed by atoms with van der Waals surface area (Å²) in [5.74, 6) is 11.2. The number of hydrogen-bond acceptors (Lipinski definition) is 5. The van der Waals surface area contributed by atoms with Gasteiger partial charge in [0, 0.05) is 12.8 Å². The van der Waals surface area contributed by atoms with Crippen LogP contribution >= 0.6 is 0 Å². The summed E-state index contributed by atoms with van der Waals surface area (Å²) >= 11 is 0. The van der Waals surface area contributed by atoms with Gasteiger partial charge in [0.25, 0.3) is 0 Å². The van der Waals surface area contributed by atoms with Crippen LogP contribution in [0.15, 0.2) is 0 Å². The first-order valence-electron chi connectivity index (χ1n) is 7.75. The van der Waals surface area contributed by atoms with Crippen LogP contribution in [0.1, 0.15) is 44.9 Å². The fraction of sp³-hybridized carbons (Fsp3) is 0.556. The van der Waals surface area contributed by atoms with Gasteiger partial charge in [0.15, 0.2) is 6.10 Å². The summed E-state index contributed by atoms with van der Waals surface area (Å²) in [5, 5.41) is 18.6. The number of aliphatic carboxylic acids is 1. The Hall–Kier alpha value is -2.62. The van der Waals surface area contributed by atoms with Crippen LogP contribution in [0.5, 0.6) is 0 Å². The molecule has 2 N–H and O–H groups in total. The lowest BCUT2D eigenvalue weighted by Gasteiger charge is -2.19. The molecule has 24 heavy (non-hydrogen) atoms. The molecule has 0 spiro atoms. The van der Waals surface area contributed by atoms with Gasteiger partial charge in [-0.25, -0.2) is 4.79 Å². The molecule has 1 aliphatic rings. The van der Waals surface area contributed by atoms with Crippen molar-refractivity contribution in [3.8, 4) is 36.0 Å². The molecule has 0 radical (unpaired) electrons. The zero-order chi connectivity index (χ0) is 17.8. The van der Waals surface area contributed by atoms with Gasteiger partial charge in [0.2, 0.25) is 0 Å². The van der Waals surface area contributed by atoms with E-state index in [-0.39, 0.29) is 12.8 Å². The van der Waals surface area contributed by atoms with E-state index in [1.165, 1.54) is 0 Å². The number of aliphatic hydroxyl groups excluding tert-OH is 1. The van der Waals surface area contributed by atoms with Crippen molar-refractivity contribution in [2.45, 2.75) is 63.3 Å². The smallest absolute Gasteiger partial charge is 0.481 e. The quantitative estimate of drug-likeness (QED) is 0.379. The SMILES string of the molecule is C#CC#CC#CCC(O)C1OC(=O)OC1CCCCCCC(=O)O. The topological polar surface area (TPSA) is 93.1 Å². The number of carboxylic acid groups (broad SMARTS) is 1. The molecule has 0 saturated carbocycles. The van der Waals surface area contributed by atoms with E-state index >= 15 is 0 Å². The van der Waals surface area contributed by atoms with E-state index in [2.05, 4.69) is 29.6 Å². The zero-order valence-corrected chi connectivity index (χ0v) is 13.3. The highest BCUT2D eigenvalue weighted by molar-refractivity contribution is 5.66. The second-order valence-electron chi connectivity index (χ2n) is 5.30. The lowest BCUT2D eigenvalue weighted by molar-refractivity contribution is -0.137. The van der Waals surface area contributed by atoms with Gasteiger partial charge in [-0.2, -0.15) is 0 Å². The summed E-state index contributed by atoms with van der Waals surface area (Å²) in [6.07, 6.45) is 5.70. The van der Waals surface area contributed by atoms with E-state index in [9.17, 15) is 14.7 Å². The maximum atomic E-state index is 11.3. The zero-order valence-electron chi connectivity index (χ0n) is 13.3. The number of carbonyl (C=O) groups excluding carboxylic acids is 1. The number of rotatable bonds is 9. The van der Waals surface area contributed by atoms with Crippen molar-refractivity contribution in [2.24, 2.45) is 0 Å². The summed E-state index contributed by atoms with van der Waals surface area (Å²) in [6, 6.07) is 0. The van der Waals surface area contributed by atoms with Crippen molar-refractivity contribution in [1.29, 1.82) is 0 Å². The summed E-state index contributed by atoms with van der Waals surface area (Å²) in [4.78, 5) is 21.7. The second kappa shape index (κ2) is 11.0. The first-order valence-corrected chi connectivity index (χ1v) is 7.75. The highest BCUT2D eigenvalue weighted by atomic mass is 16.8. The summed E-state index contributed by atoms with van der Waals surface area (Å²) in [7, 11) is 0. The number of unbranched alkanes of at least 4 members (excludes halogenated alkanes) is 3. The van der Waals surface area contributed by atoms with Crippen LogP contribution in [0.2, 0.25) is 0 Å². The minimum absolute atomic E-state index is 0.0929. The van der Waals surface area contributed by atoms with E-state index < -0.39 is 30.4 Å². The molecule has 0 aromatic heterocycles. The average molecular weight is 332 g/mol. The standard InChI is InChI=1S/C18H20O6/c1-2-3-4-5-8-11-14(19)17-15(23-18(22)24-17)12-9-6-7-10-13-16(20)21/h1,14-15,17,19H,6-7,9-13H2,(H,20,21). The molecular formula is C18H20O6. The van der Waals surface area contributed by atoms with Gasteiger partial charge in [-0.3, -0.25) is 4.79 Å². The maximum absolute atomic E-state index is 11.3. The molecule has 0 aromatic rings. The Kier molecular flexibility index (Phi) is 8.90. The van der Waals surface area contributed by atoms with E-state index in [4.69, 9.17) is 21.0 Å². The predicted molar refractivity (Wildman–Crippen MR) is 85.5 cm³/mol. The van der Waals surface area contributed by atoms with Gasteiger partial charge in [-0.15, -0.1) is 6.42 Å². The molecule has 0 amide bonds. The molecule has 0 aromatic carbocycles. The number of carboxylic acids is 1. The molecule has 3 unspecified atom stereocenters. The van der Waals surface area contributed by atoms with Gasteiger partial charge < -0.3 is 19.7 Å². The molecular weight excluding hydrogens is 312 g/mol. The third-order valence-electron chi connectivity index (χ3n) is 3.45. The van der Waals surface area contributed by atoms with Gasteiger partial charge in [-0.05, 0) is 42.9 Å². The number of ether oxygens (including phenoxy) is 2. The normalized spacial score (nSPS) is 19.6. The van der Waals surface area contributed by atoms with Crippen LogP contribution < -0.4 is 0 Å². The van der Waals surface area contributed by atoms with Crippen molar-refractivity contribution >= 4 is 12.1 Å². The average Bonchev–Trinajstić information content (AvgIpc) is 2.91. The first kappa shape index (κ1) is 19.4. The minimum atomic E-state index is -0.964. The summed E-state index contributed by atoms with van der Waals surface area (Å²) < 4.78 is 10.1. The number of aliphatic hydroxyl groups is 1. The Morgan fingerprint density at radius 2 is 1.92 bits per heavy atom. The third kappa shape index (κ3) is 7.58. The molecule has 1 heterocycles. The molecule has 1 rings (SSSR count). The Labute approximate surface area is 141 Å². The van der Waals surface area contributed by atoms with E-state index in [1.54, 1.807) is 0 Å². The lowest BCUT2D eigenvalue weighted by atomic mass is 9.99. The molecule has 0 bridgehead atoms. The van der Waals surface area contributed by atoms with Crippen molar-refractivity contribution in [2.75, 3.05) is 0 Å². The molecule has 1 saturated heterocycles. The number of cyclic esters (lactones) is 2. The fourth-order valence-corrected chi connectivity index (χ4v) is 2.31. The van der Waals surface area contributed by atoms with Crippen LogP contribution in [0, 0.1) is 36.0 Å². The van der Waals surface area contributed by atoms with Crippen LogP contribution in [0.25, 0.3) is 0 Å². The Morgan fingerprint density at radius 3 is 2.62 bits per heavy atom. The van der Waals surface area contributed by atoms with E-state index in [1.807, 2.05) is 0 Å². The van der Waals surface area contributed by atoms with Crippen LogP contribution in [0.4, 0.5) is 4.79 Å². The summed E-state index contributed by atoms with van der Waals surface area (Å²) in [6.45, 7) is 0. The Balaban J connectivity index is 2.36. The molecule has 1 aliphatic heterocycles. The van der Waals surface area contributed by atoms with E-state index in [0.29, 0.717) is 12.8 Å². The van der Waals surface area contributed by atoms with Gasteiger partial charge >= 0.3 is 12.1 Å². The fourth-order valence-electron chi connectivity index (χ4n) is 2.31. The Bertz CT molecular complexity index is 595. The number of hydrogen-bond donors (Lipinski definition) is 2. The highest BCUT2D eigenvalue weighted by Crippen LogP contribution is 2.24. The molecule has 0 aliphatic carbocycles. The molecule has 1 fully saturated rings. The predicted octanol–water partition coefficient (Wildman–Crippen LogP) is 1.71. The monoisotopic (exact) mass is 332 g/mol. The van der Waals surface area contributed by atoms with E-state index in [0.717, 1.165) is 19.3 Å². The lowest BCUT2D eigenvalue weighted by Crippen LogP contribution is -2.34. The van der Waals surface area contributed by atoms with Crippen LogP contribution in [-0.4, -0.2) is 40.6 Å². The third-order valence-corrected chi connectivity index (χ3v) is 3.45. The second-order valence-corrected chi connectivity index (χ2v) is 5.30. The van der Waals surface area contributed by atoms with Crippen molar-refractivity contribution < 1.29 is 29.3 Å².